The molecule has 1 aromatic heterocycles. The fourth-order valence-corrected chi connectivity index (χ4v) is 4.91. The Labute approximate surface area is 196 Å². The van der Waals surface area contributed by atoms with E-state index in [9.17, 15) is 10.1 Å². The Bertz CT molecular complexity index is 1210. The van der Waals surface area contributed by atoms with Gasteiger partial charge in [0.05, 0.1) is 31.3 Å². The summed E-state index contributed by atoms with van der Waals surface area (Å²) in [5.74, 6) is 0.625. The maximum atomic E-state index is 12.7. The molecule has 33 heavy (non-hydrogen) atoms. The lowest BCUT2D eigenvalue weighted by Gasteiger charge is -2.22. The number of nitriles is 1. The molecule has 8 heteroatoms. The van der Waals surface area contributed by atoms with E-state index < -0.39 is 5.91 Å². The zero-order valence-electron chi connectivity index (χ0n) is 18.6. The number of carbonyl (C=O) groups is 1. The van der Waals surface area contributed by atoms with Crippen molar-refractivity contribution in [3.63, 3.8) is 0 Å². The van der Waals surface area contributed by atoms with Crippen molar-refractivity contribution in [3.05, 3.63) is 75.8 Å². The third-order valence-corrected chi connectivity index (χ3v) is 6.52. The molecular formula is C25H25N4O3S+. The Kier molecular flexibility index (Phi) is 7.03. The summed E-state index contributed by atoms with van der Waals surface area (Å²) in [6.45, 7) is 2.85. The molecule has 2 N–H and O–H groups in total. The number of nitrogens with zero attached hydrogens (tertiary/aromatic N) is 2. The van der Waals surface area contributed by atoms with Crippen molar-refractivity contribution < 1.29 is 19.2 Å². The molecule has 2 aromatic carbocycles. The van der Waals surface area contributed by atoms with E-state index in [4.69, 9.17) is 9.47 Å². The topological polar surface area (TPSA) is 88.7 Å². The van der Waals surface area contributed by atoms with Gasteiger partial charge in [-0.25, -0.2) is 4.98 Å². The number of quaternary nitrogens is 1. The Morgan fingerprint density at radius 3 is 2.73 bits per heavy atom. The van der Waals surface area contributed by atoms with Gasteiger partial charge in [-0.1, -0.05) is 47.7 Å². The third-order valence-electron chi connectivity index (χ3n) is 5.51. The monoisotopic (exact) mass is 461 g/mol. The number of rotatable bonds is 7. The molecule has 0 saturated carbocycles. The number of hydrogen-bond donors (Lipinski definition) is 2. The van der Waals surface area contributed by atoms with Crippen molar-refractivity contribution in [3.8, 4) is 17.6 Å². The molecule has 0 bridgehead atoms. The van der Waals surface area contributed by atoms with E-state index in [0.717, 1.165) is 31.7 Å². The SMILES string of the molecule is COc1ccc(C=C(C#N)C(=O)Nc2nc3c(s2)C[NH+](Cc2ccccc2)CC3)cc1OC. The van der Waals surface area contributed by atoms with Gasteiger partial charge in [0.1, 0.15) is 24.7 Å². The van der Waals surface area contributed by atoms with Crippen LogP contribution in [-0.4, -0.2) is 31.7 Å². The number of fused-ring (bicyclic) bond motifs is 1. The number of carbonyl (C=O) groups excluding carboxylic acids is 1. The molecule has 7 nitrogen and oxygen atoms in total. The number of methoxy groups -OCH3 is 2. The summed E-state index contributed by atoms with van der Waals surface area (Å²) in [7, 11) is 3.09. The summed E-state index contributed by atoms with van der Waals surface area (Å²) in [6.07, 6.45) is 2.40. The smallest absolute Gasteiger partial charge is 0.268 e. The summed E-state index contributed by atoms with van der Waals surface area (Å²) in [5.41, 5.74) is 3.01. The van der Waals surface area contributed by atoms with Crippen LogP contribution in [0.15, 0.2) is 54.1 Å². The number of hydrogen-bond acceptors (Lipinski definition) is 6. The lowest BCUT2D eigenvalue weighted by atomic mass is 10.1. The highest BCUT2D eigenvalue weighted by molar-refractivity contribution is 7.15. The second-order valence-electron chi connectivity index (χ2n) is 7.72. The van der Waals surface area contributed by atoms with Crippen molar-refractivity contribution in [2.24, 2.45) is 0 Å². The number of benzene rings is 2. The van der Waals surface area contributed by atoms with E-state index in [2.05, 4.69) is 34.6 Å². The van der Waals surface area contributed by atoms with Crippen LogP contribution in [0.1, 0.15) is 21.7 Å². The molecule has 1 unspecified atom stereocenters. The van der Waals surface area contributed by atoms with Gasteiger partial charge >= 0.3 is 0 Å². The quantitative estimate of drug-likeness (QED) is 0.417. The predicted molar refractivity (Wildman–Crippen MR) is 127 cm³/mol. The average molecular weight is 462 g/mol. The number of ether oxygens (including phenoxy) is 2. The highest BCUT2D eigenvalue weighted by atomic mass is 32.1. The van der Waals surface area contributed by atoms with E-state index in [-0.39, 0.29) is 5.57 Å². The van der Waals surface area contributed by atoms with E-state index in [1.54, 1.807) is 25.3 Å². The molecule has 1 amide bonds. The molecule has 3 aromatic rings. The van der Waals surface area contributed by atoms with Gasteiger partial charge in [0, 0.05) is 12.0 Å². The van der Waals surface area contributed by atoms with E-state index in [1.165, 1.54) is 39.9 Å². The van der Waals surface area contributed by atoms with Crippen molar-refractivity contribution in [1.82, 2.24) is 4.98 Å². The molecule has 1 atom stereocenters. The van der Waals surface area contributed by atoms with Gasteiger partial charge in [0.15, 0.2) is 16.6 Å². The van der Waals surface area contributed by atoms with Crippen molar-refractivity contribution in [2.75, 3.05) is 26.1 Å². The first-order chi connectivity index (χ1) is 16.1. The molecular weight excluding hydrogens is 436 g/mol. The zero-order valence-corrected chi connectivity index (χ0v) is 19.4. The van der Waals surface area contributed by atoms with E-state index in [1.807, 2.05) is 12.1 Å². The Morgan fingerprint density at radius 2 is 2.00 bits per heavy atom. The highest BCUT2D eigenvalue weighted by Gasteiger charge is 2.24. The Hall–Kier alpha value is -3.67. The molecule has 0 spiro atoms. The molecule has 168 valence electrons. The molecule has 4 rings (SSSR count). The molecule has 1 aliphatic rings. The summed E-state index contributed by atoms with van der Waals surface area (Å²) in [6, 6.07) is 17.6. The van der Waals surface area contributed by atoms with Gasteiger partial charge in [-0.15, -0.1) is 0 Å². The molecule has 0 fully saturated rings. The van der Waals surface area contributed by atoms with E-state index >= 15 is 0 Å². The molecule has 0 saturated heterocycles. The fourth-order valence-electron chi connectivity index (χ4n) is 3.84. The highest BCUT2D eigenvalue weighted by Crippen LogP contribution is 2.29. The van der Waals surface area contributed by atoms with Crippen LogP contribution < -0.4 is 19.7 Å². The third kappa shape index (κ3) is 5.40. The summed E-state index contributed by atoms with van der Waals surface area (Å²) in [5, 5.41) is 12.9. The molecule has 0 aliphatic carbocycles. The molecule has 1 aliphatic heterocycles. The van der Waals surface area contributed by atoms with Gasteiger partial charge in [0.2, 0.25) is 0 Å². The number of thiazole rings is 1. The Morgan fingerprint density at radius 1 is 1.21 bits per heavy atom. The van der Waals surface area contributed by atoms with Gasteiger partial charge in [-0.2, -0.15) is 5.26 Å². The average Bonchev–Trinajstić information content (AvgIpc) is 3.24. The largest absolute Gasteiger partial charge is 0.493 e. The first-order valence-corrected chi connectivity index (χ1v) is 11.4. The standard InChI is InChI=1S/C25H24N4O3S/c1-31-21-9-8-18(13-22(21)32-2)12-19(14-26)24(30)28-25-27-20-10-11-29(16-23(20)33-25)15-17-6-4-3-5-7-17/h3-9,12-13H,10-11,15-16H2,1-2H3,(H,27,28,30)/p+1. The van der Waals surface area contributed by atoms with Crippen LogP contribution in [0.2, 0.25) is 0 Å². The van der Waals surface area contributed by atoms with Crippen LogP contribution in [0.3, 0.4) is 0 Å². The number of anilines is 1. The molecule has 0 radical (unpaired) electrons. The Balaban J connectivity index is 1.44. The predicted octanol–water partition coefficient (Wildman–Crippen LogP) is 2.85. The van der Waals surface area contributed by atoms with E-state index in [0.29, 0.717) is 22.2 Å². The maximum absolute atomic E-state index is 12.7. The van der Waals surface area contributed by atoms with Crippen molar-refractivity contribution in [2.45, 2.75) is 19.5 Å². The number of nitrogens with one attached hydrogen (secondary N) is 2. The van der Waals surface area contributed by atoms with Crippen LogP contribution in [0.25, 0.3) is 6.08 Å². The fraction of sp³-hybridized carbons (Fsp3) is 0.240. The number of aromatic nitrogens is 1. The minimum atomic E-state index is -0.480. The first-order valence-electron chi connectivity index (χ1n) is 10.6. The van der Waals surface area contributed by atoms with Gasteiger partial charge < -0.3 is 14.4 Å². The minimum Gasteiger partial charge on any atom is -0.493 e. The number of amides is 1. The van der Waals surface area contributed by atoms with Crippen molar-refractivity contribution >= 4 is 28.5 Å². The normalized spacial score (nSPS) is 15.3. The van der Waals surface area contributed by atoms with Gasteiger partial charge in [-0.05, 0) is 23.8 Å². The summed E-state index contributed by atoms with van der Waals surface area (Å²) in [4.78, 5) is 20.0. The van der Waals surface area contributed by atoms with Gasteiger partial charge in [0.25, 0.3) is 5.91 Å². The van der Waals surface area contributed by atoms with Crippen LogP contribution in [0.4, 0.5) is 5.13 Å². The lowest BCUT2D eigenvalue weighted by Crippen LogP contribution is -3.10. The summed E-state index contributed by atoms with van der Waals surface area (Å²) < 4.78 is 10.5. The van der Waals surface area contributed by atoms with Crippen LogP contribution in [0, 0.1) is 11.3 Å². The van der Waals surface area contributed by atoms with Gasteiger partial charge in [-0.3, -0.25) is 10.1 Å². The van der Waals surface area contributed by atoms with Crippen LogP contribution in [-0.2, 0) is 24.3 Å². The maximum Gasteiger partial charge on any atom is 0.268 e. The summed E-state index contributed by atoms with van der Waals surface area (Å²) >= 11 is 1.49. The second-order valence-corrected chi connectivity index (χ2v) is 8.80. The van der Waals surface area contributed by atoms with Crippen LogP contribution >= 0.6 is 11.3 Å². The first kappa shape index (κ1) is 22.5. The lowest BCUT2D eigenvalue weighted by molar-refractivity contribution is -0.929. The molecule has 2 heterocycles. The van der Waals surface area contributed by atoms with Crippen LogP contribution in [0.5, 0.6) is 11.5 Å². The zero-order chi connectivity index (χ0) is 23.2. The van der Waals surface area contributed by atoms with Crippen molar-refractivity contribution in [1.29, 1.82) is 5.26 Å². The minimum absolute atomic E-state index is 0.00767. The second kappa shape index (κ2) is 10.3.